The maximum atomic E-state index is 11.8. The number of nitriles is 1. The summed E-state index contributed by atoms with van der Waals surface area (Å²) in [6.07, 6.45) is 0. The molecule has 1 rings (SSSR count). The first-order chi connectivity index (χ1) is 7.35. The van der Waals surface area contributed by atoms with Gasteiger partial charge in [-0.25, -0.2) is 0 Å². The van der Waals surface area contributed by atoms with E-state index in [0.717, 1.165) is 7.57 Å². The summed E-state index contributed by atoms with van der Waals surface area (Å²) < 4.78 is 1.68. The Bertz CT molecular complexity index is 448. The van der Waals surface area contributed by atoms with Gasteiger partial charge in [0.15, 0.2) is 0 Å². The van der Waals surface area contributed by atoms with Crippen molar-refractivity contribution in [2.75, 3.05) is 6.54 Å². The van der Waals surface area contributed by atoms with Crippen molar-refractivity contribution in [1.82, 2.24) is 5.32 Å². The molecule has 0 atom stereocenters. The van der Waals surface area contributed by atoms with Crippen LogP contribution in [0.3, 0.4) is 0 Å². The number of amides is 1. The molecule has 0 radical (unpaired) electrons. The van der Waals surface area contributed by atoms with Crippen molar-refractivity contribution in [1.29, 1.82) is 5.26 Å². The van der Waals surface area contributed by atoms with Gasteiger partial charge in [0.25, 0.3) is 5.91 Å². The van der Waals surface area contributed by atoms with Gasteiger partial charge in [-0.05, 0) is 51.8 Å². The first-order valence-corrected chi connectivity index (χ1v) is 6.90. The standard InChI is InChI=1S/C10H10Br2N2OS/c1-10(2,4-13)5-14-9(15)6-3-7(11)16-8(6)12/h3H,5H2,1-2H3,(H,14,15). The van der Waals surface area contributed by atoms with E-state index in [0.29, 0.717) is 12.1 Å². The van der Waals surface area contributed by atoms with E-state index in [9.17, 15) is 4.79 Å². The highest BCUT2D eigenvalue weighted by Crippen LogP contribution is 2.31. The van der Waals surface area contributed by atoms with Crippen LogP contribution in [0.15, 0.2) is 13.6 Å². The van der Waals surface area contributed by atoms with E-state index in [1.165, 1.54) is 11.3 Å². The van der Waals surface area contributed by atoms with Crippen LogP contribution in [0, 0.1) is 16.7 Å². The number of rotatable bonds is 3. The summed E-state index contributed by atoms with van der Waals surface area (Å²) in [6.45, 7) is 3.90. The second kappa shape index (κ2) is 5.30. The van der Waals surface area contributed by atoms with Crippen LogP contribution in [-0.2, 0) is 0 Å². The number of nitrogens with zero attached hydrogens (tertiary/aromatic N) is 1. The molecule has 16 heavy (non-hydrogen) atoms. The highest BCUT2D eigenvalue weighted by Gasteiger charge is 2.20. The van der Waals surface area contributed by atoms with E-state index in [1.54, 1.807) is 19.9 Å². The summed E-state index contributed by atoms with van der Waals surface area (Å²) in [4.78, 5) is 11.8. The molecular formula is C10H10Br2N2OS. The average molecular weight is 366 g/mol. The lowest BCUT2D eigenvalue weighted by atomic mass is 9.96. The van der Waals surface area contributed by atoms with Crippen LogP contribution in [-0.4, -0.2) is 12.5 Å². The van der Waals surface area contributed by atoms with E-state index in [1.807, 2.05) is 0 Å². The zero-order chi connectivity index (χ0) is 12.3. The fraction of sp³-hybridized carbons (Fsp3) is 0.400. The van der Waals surface area contributed by atoms with Crippen LogP contribution in [0.4, 0.5) is 0 Å². The summed E-state index contributed by atoms with van der Waals surface area (Å²) in [5.41, 5.74) is 0.0423. The van der Waals surface area contributed by atoms with Crippen LogP contribution < -0.4 is 5.32 Å². The largest absolute Gasteiger partial charge is 0.350 e. The Kier molecular flexibility index (Phi) is 4.53. The molecule has 1 amide bonds. The molecular weight excluding hydrogens is 356 g/mol. The predicted molar refractivity (Wildman–Crippen MR) is 71.4 cm³/mol. The topological polar surface area (TPSA) is 52.9 Å². The number of carbonyl (C=O) groups excluding carboxylic acids is 1. The Balaban J connectivity index is 2.68. The molecule has 0 unspecified atom stereocenters. The normalized spacial score (nSPS) is 10.9. The van der Waals surface area contributed by atoms with Crippen LogP contribution in [0.1, 0.15) is 24.2 Å². The van der Waals surface area contributed by atoms with Gasteiger partial charge >= 0.3 is 0 Å². The molecule has 1 aromatic heterocycles. The highest BCUT2D eigenvalue weighted by atomic mass is 79.9. The monoisotopic (exact) mass is 364 g/mol. The zero-order valence-corrected chi connectivity index (χ0v) is 12.8. The molecule has 86 valence electrons. The molecule has 0 aliphatic rings. The SMILES string of the molecule is CC(C)(C#N)CNC(=O)c1cc(Br)sc1Br. The first kappa shape index (κ1) is 13.7. The van der Waals surface area contributed by atoms with E-state index in [-0.39, 0.29) is 5.91 Å². The lowest BCUT2D eigenvalue weighted by molar-refractivity contribution is 0.0943. The van der Waals surface area contributed by atoms with Gasteiger partial charge in [0.2, 0.25) is 0 Å². The summed E-state index contributed by atoms with van der Waals surface area (Å²) in [7, 11) is 0. The molecule has 1 heterocycles. The summed E-state index contributed by atoms with van der Waals surface area (Å²) in [5, 5.41) is 11.6. The van der Waals surface area contributed by atoms with Gasteiger partial charge < -0.3 is 5.32 Å². The predicted octanol–water partition coefficient (Wildman–Crippen LogP) is 3.55. The third-order valence-corrected chi connectivity index (χ3v) is 4.23. The fourth-order valence-corrected chi connectivity index (χ4v) is 3.72. The van der Waals surface area contributed by atoms with Crippen molar-refractivity contribution in [3.8, 4) is 6.07 Å². The fourth-order valence-electron chi connectivity index (χ4n) is 0.931. The summed E-state index contributed by atoms with van der Waals surface area (Å²) in [6, 6.07) is 3.89. The van der Waals surface area contributed by atoms with Crippen molar-refractivity contribution in [3.05, 3.63) is 19.2 Å². The third kappa shape index (κ3) is 3.58. The van der Waals surface area contributed by atoms with E-state index in [4.69, 9.17) is 5.26 Å². The minimum Gasteiger partial charge on any atom is -0.350 e. The number of nitrogens with one attached hydrogen (secondary N) is 1. The van der Waals surface area contributed by atoms with Gasteiger partial charge in [-0.15, -0.1) is 11.3 Å². The molecule has 1 aromatic rings. The smallest absolute Gasteiger partial charge is 0.253 e. The van der Waals surface area contributed by atoms with Crippen LogP contribution in [0.2, 0.25) is 0 Å². The van der Waals surface area contributed by atoms with E-state index < -0.39 is 5.41 Å². The van der Waals surface area contributed by atoms with Crippen molar-refractivity contribution in [3.63, 3.8) is 0 Å². The van der Waals surface area contributed by atoms with Crippen LogP contribution >= 0.6 is 43.2 Å². The van der Waals surface area contributed by atoms with Crippen molar-refractivity contribution >= 4 is 49.1 Å². The molecule has 3 nitrogen and oxygen atoms in total. The second-order valence-corrected chi connectivity index (χ2v) is 7.67. The van der Waals surface area contributed by atoms with Gasteiger partial charge in [0.05, 0.1) is 24.6 Å². The van der Waals surface area contributed by atoms with Gasteiger partial charge in [-0.3, -0.25) is 4.79 Å². The molecule has 0 aromatic carbocycles. The quantitative estimate of drug-likeness (QED) is 0.890. The Morgan fingerprint density at radius 3 is 2.69 bits per heavy atom. The van der Waals surface area contributed by atoms with Crippen molar-refractivity contribution < 1.29 is 4.79 Å². The molecule has 0 fully saturated rings. The molecule has 0 bridgehead atoms. The molecule has 0 aliphatic carbocycles. The van der Waals surface area contributed by atoms with Gasteiger partial charge in [-0.1, -0.05) is 0 Å². The molecule has 0 aliphatic heterocycles. The van der Waals surface area contributed by atoms with Crippen LogP contribution in [0.5, 0.6) is 0 Å². The molecule has 1 N–H and O–H groups in total. The Morgan fingerprint density at radius 2 is 2.25 bits per heavy atom. The Morgan fingerprint density at radius 1 is 1.62 bits per heavy atom. The van der Waals surface area contributed by atoms with Crippen molar-refractivity contribution in [2.45, 2.75) is 13.8 Å². The lowest BCUT2D eigenvalue weighted by Gasteiger charge is -2.15. The first-order valence-electron chi connectivity index (χ1n) is 4.50. The maximum Gasteiger partial charge on any atom is 0.253 e. The van der Waals surface area contributed by atoms with E-state index >= 15 is 0 Å². The third-order valence-electron chi connectivity index (χ3n) is 1.89. The second-order valence-electron chi connectivity index (χ2n) is 3.92. The average Bonchev–Trinajstić information content (AvgIpc) is 2.54. The van der Waals surface area contributed by atoms with Crippen molar-refractivity contribution in [2.24, 2.45) is 5.41 Å². The van der Waals surface area contributed by atoms with Gasteiger partial charge in [-0.2, -0.15) is 5.26 Å². The number of hydrogen-bond donors (Lipinski definition) is 1. The molecule has 0 saturated carbocycles. The zero-order valence-electron chi connectivity index (χ0n) is 8.80. The highest BCUT2D eigenvalue weighted by molar-refractivity contribution is 9.12. The number of carbonyl (C=O) groups is 1. The lowest BCUT2D eigenvalue weighted by Crippen LogP contribution is -2.33. The minimum atomic E-state index is -0.546. The number of halogens is 2. The minimum absolute atomic E-state index is 0.169. The summed E-state index contributed by atoms with van der Waals surface area (Å²) >= 11 is 8.07. The maximum absolute atomic E-state index is 11.8. The Labute approximate surface area is 115 Å². The number of hydrogen-bond acceptors (Lipinski definition) is 3. The van der Waals surface area contributed by atoms with Crippen LogP contribution in [0.25, 0.3) is 0 Å². The Hall–Kier alpha value is -0.380. The molecule has 0 saturated heterocycles. The van der Waals surface area contributed by atoms with Gasteiger partial charge in [0, 0.05) is 6.54 Å². The molecule has 0 spiro atoms. The van der Waals surface area contributed by atoms with E-state index in [2.05, 4.69) is 43.2 Å². The number of thiophene rings is 1. The molecule has 6 heteroatoms. The van der Waals surface area contributed by atoms with Gasteiger partial charge in [0.1, 0.15) is 0 Å². The summed E-state index contributed by atoms with van der Waals surface area (Å²) in [5.74, 6) is -0.169.